The van der Waals surface area contributed by atoms with Crippen LogP contribution in [0.3, 0.4) is 0 Å². The van der Waals surface area contributed by atoms with Gasteiger partial charge in [0.1, 0.15) is 5.82 Å². The average Bonchev–Trinajstić information content (AvgIpc) is 2.42. The van der Waals surface area contributed by atoms with E-state index in [9.17, 15) is 14.0 Å². The van der Waals surface area contributed by atoms with E-state index in [4.69, 9.17) is 17.3 Å². The fourth-order valence-corrected chi connectivity index (χ4v) is 1.73. The van der Waals surface area contributed by atoms with Crippen LogP contribution in [0.2, 0.25) is 5.02 Å². The number of rotatable bonds is 3. The van der Waals surface area contributed by atoms with Gasteiger partial charge < -0.3 is 11.1 Å². The highest BCUT2D eigenvalue weighted by molar-refractivity contribution is 6.30. The van der Waals surface area contributed by atoms with E-state index in [-0.39, 0.29) is 16.3 Å². The number of carbonyl (C=O) groups excluding carboxylic acids is 2. The molecule has 2 amide bonds. The Labute approximate surface area is 119 Å². The Balaban J connectivity index is 2.17. The number of amides is 2. The maximum atomic E-state index is 13.5. The molecule has 2 aromatic rings. The Kier molecular flexibility index (Phi) is 4.00. The fraction of sp³-hybridized carbons (Fsp3) is 0. The number of hydrogen-bond donors (Lipinski definition) is 2. The van der Waals surface area contributed by atoms with Crippen molar-refractivity contribution in [1.82, 2.24) is 0 Å². The van der Waals surface area contributed by atoms with Crippen molar-refractivity contribution in [3.05, 3.63) is 64.4 Å². The van der Waals surface area contributed by atoms with Crippen LogP contribution in [0, 0.1) is 5.82 Å². The smallest absolute Gasteiger partial charge is 0.255 e. The molecular weight excluding hydrogens is 283 g/mol. The molecule has 0 aliphatic heterocycles. The summed E-state index contributed by atoms with van der Waals surface area (Å²) in [6.45, 7) is 0. The third-order valence-corrected chi connectivity index (χ3v) is 2.85. The summed E-state index contributed by atoms with van der Waals surface area (Å²) in [4.78, 5) is 22.8. The predicted octanol–water partition coefficient (Wildman–Crippen LogP) is 2.83. The summed E-state index contributed by atoms with van der Waals surface area (Å²) >= 11 is 5.62. The van der Waals surface area contributed by atoms with Gasteiger partial charge in [0.15, 0.2) is 0 Å². The van der Waals surface area contributed by atoms with E-state index in [2.05, 4.69) is 5.32 Å². The van der Waals surface area contributed by atoms with Crippen molar-refractivity contribution in [2.45, 2.75) is 0 Å². The van der Waals surface area contributed by atoms with E-state index in [1.807, 2.05) is 0 Å². The molecule has 0 saturated carbocycles. The van der Waals surface area contributed by atoms with Crippen molar-refractivity contribution < 1.29 is 14.0 Å². The molecule has 0 aromatic heterocycles. The van der Waals surface area contributed by atoms with Crippen LogP contribution >= 0.6 is 11.6 Å². The summed E-state index contributed by atoms with van der Waals surface area (Å²) in [6, 6.07) is 9.66. The molecule has 2 aromatic carbocycles. The molecule has 0 atom stereocenters. The number of nitrogens with one attached hydrogen (secondary N) is 1. The van der Waals surface area contributed by atoms with Crippen molar-refractivity contribution in [3.63, 3.8) is 0 Å². The first-order valence-electron chi connectivity index (χ1n) is 5.63. The van der Waals surface area contributed by atoms with E-state index in [1.165, 1.54) is 36.4 Å². The van der Waals surface area contributed by atoms with Gasteiger partial charge in [-0.2, -0.15) is 0 Å². The van der Waals surface area contributed by atoms with Crippen molar-refractivity contribution in [2.75, 3.05) is 5.32 Å². The Hall–Kier alpha value is -2.40. The van der Waals surface area contributed by atoms with Crippen molar-refractivity contribution >= 4 is 29.1 Å². The predicted molar refractivity (Wildman–Crippen MR) is 74.3 cm³/mol. The van der Waals surface area contributed by atoms with Crippen LogP contribution in [0.5, 0.6) is 0 Å². The maximum absolute atomic E-state index is 13.5. The molecule has 4 nitrogen and oxygen atoms in total. The first-order chi connectivity index (χ1) is 9.47. The third-order valence-electron chi connectivity index (χ3n) is 2.61. The van der Waals surface area contributed by atoms with Crippen LogP contribution < -0.4 is 11.1 Å². The minimum atomic E-state index is -0.625. The number of anilines is 1. The molecule has 3 N–H and O–H groups in total. The highest BCUT2D eigenvalue weighted by Crippen LogP contribution is 2.19. The highest BCUT2D eigenvalue weighted by Gasteiger charge is 2.10. The van der Waals surface area contributed by atoms with Gasteiger partial charge in [0.25, 0.3) is 5.91 Å². The van der Waals surface area contributed by atoms with Crippen LogP contribution in [0.15, 0.2) is 42.5 Å². The molecule has 0 fully saturated rings. The minimum Gasteiger partial charge on any atom is -0.366 e. The van der Waals surface area contributed by atoms with Gasteiger partial charge >= 0.3 is 0 Å². The zero-order valence-corrected chi connectivity index (χ0v) is 10.9. The molecule has 0 unspecified atom stereocenters. The summed E-state index contributed by atoms with van der Waals surface area (Å²) < 4.78 is 13.5. The Morgan fingerprint density at radius 1 is 1.05 bits per heavy atom. The van der Waals surface area contributed by atoms with Gasteiger partial charge in [-0.3, -0.25) is 9.59 Å². The molecule has 102 valence electrons. The number of primary amides is 1. The zero-order chi connectivity index (χ0) is 14.7. The van der Waals surface area contributed by atoms with Gasteiger partial charge in [0, 0.05) is 16.1 Å². The quantitative estimate of drug-likeness (QED) is 0.913. The second-order valence-corrected chi connectivity index (χ2v) is 4.46. The number of halogens is 2. The lowest BCUT2D eigenvalue weighted by Crippen LogP contribution is -2.14. The Morgan fingerprint density at radius 3 is 2.20 bits per heavy atom. The molecule has 6 heteroatoms. The van der Waals surface area contributed by atoms with E-state index in [1.54, 1.807) is 0 Å². The van der Waals surface area contributed by atoms with Crippen LogP contribution in [0.25, 0.3) is 0 Å². The summed E-state index contributed by atoms with van der Waals surface area (Å²) in [5.74, 6) is -1.71. The van der Waals surface area contributed by atoms with Crippen molar-refractivity contribution in [2.24, 2.45) is 5.73 Å². The first kappa shape index (κ1) is 14.0. The highest BCUT2D eigenvalue weighted by atomic mass is 35.5. The normalized spacial score (nSPS) is 10.1. The standard InChI is InChI=1S/C14H10ClFN2O2/c15-10-5-6-12(11(16)7-10)18-14(20)9-3-1-8(2-4-9)13(17)19/h1-7H,(H2,17,19)(H,18,20). The molecule has 0 saturated heterocycles. The Bertz CT molecular complexity index is 671. The lowest BCUT2D eigenvalue weighted by atomic mass is 10.1. The van der Waals surface area contributed by atoms with Crippen LogP contribution in [-0.4, -0.2) is 11.8 Å². The molecular formula is C14H10ClFN2O2. The molecule has 20 heavy (non-hydrogen) atoms. The summed E-state index contributed by atoms with van der Waals surface area (Å²) in [5, 5.41) is 2.66. The summed E-state index contributed by atoms with van der Waals surface area (Å²) in [7, 11) is 0. The SMILES string of the molecule is NC(=O)c1ccc(C(=O)Nc2ccc(Cl)cc2F)cc1. The van der Waals surface area contributed by atoms with Crippen molar-refractivity contribution in [1.29, 1.82) is 0 Å². The second-order valence-electron chi connectivity index (χ2n) is 4.02. The van der Waals surface area contributed by atoms with Gasteiger partial charge in [-0.25, -0.2) is 4.39 Å². The first-order valence-corrected chi connectivity index (χ1v) is 6.01. The van der Waals surface area contributed by atoms with E-state index in [0.29, 0.717) is 5.56 Å². The topological polar surface area (TPSA) is 72.2 Å². The molecule has 0 radical (unpaired) electrons. The molecule has 0 spiro atoms. The van der Waals surface area contributed by atoms with Gasteiger partial charge in [-0.1, -0.05) is 11.6 Å². The maximum Gasteiger partial charge on any atom is 0.255 e. The van der Waals surface area contributed by atoms with Crippen LogP contribution in [0.1, 0.15) is 20.7 Å². The molecule has 0 bridgehead atoms. The molecule has 0 heterocycles. The number of carbonyl (C=O) groups is 2. The van der Waals surface area contributed by atoms with Gasteiger partial charge in [-0.15, -0.1) is 0 Å². The summed E-state index contributed by atoms with van der Waals surface area (Å²) in [6.07, 6.45) is 0. The zero-order valence-electron chi connectivity index (χ0n) is 10.2. The minimum absolute atomic E-state index is 0.0263. The van der Waals surface area contributed by atoms with Gasteiger partial charge in [-0.05, 0) is 42.5 Å². The number of hydrogen-bond acceptors (Lipinski definition) is 2. The largest absolute Gasteiger partial charge is 0.366 e. The second kappa shape index (κ2) is 5.71. The lowest BCUT2D eigenvalue weighted by molar-refractivity contribution is 0.0995. The van der Waals surface area contributed by atoms with Gasteiger partial charge in [0.2, 0.25) is 5.91 Å². The van der Waals surface area contributed by atoms with E-state index >= 15 is 0 Å². The third kappa shape index (κ3) is 3.13. The average molecular weight is 293 g/mol. The van der Waals surface area contributed by atoms with E-state index in [0.717, 1.165) is 6.07 Å². The monoisotopic (exact) mass is 292 g/mol. The fourth-order valence-electron chi connectivity index (χ4n) is 1.57. The number of nitrogens with two attached hydrogens (primary N) is 1. The van der Waals surface area contributed by atoms with E-state index < -0.39 is 17.6 Å². The van der Waals surface area contributed by atoms with Crippen LogP contribution in [0.4, 0.5) is 10.1 Å². The van der Waals surface area contributed by atoms with Gasteiger partial charge in [0.05, 0.1) is 5.69 Å². The molecule has 2 rings (SSSR count). The van der Waals surface area contributed by atoms with Crippen LogP contribution in [-0.2, 0) is 0 Å². The number of benzene rings is 2. The molecule has 0 aliphatic rings. The van der Waals surface area contributed by atoms with Crippen molar-refractivity contribution in [3.8, 4) is 0 Å². The Morgan fingerprint density at radius 2 is 1.65 bits per heavy atom. The molecule has 0 aliphatic carbocycles. The summed E-state index contributed by atoms with van der Waals surface area (Å²) in [5.41, 5.74) is 5.69. The lowest BCUT2D eigenvalue weighted by Gasteiger charge is -2.07.